The van der Waals surface area contributed by atoms with E-state index in [1.807, 2.05) is 19.1 Å². The van der Waals surface area contributed by atoms with Crippen LogP contribution < -0.4 is 11.1 Å². The molecule has 3 N–H and O–H groups in total. The molecular formula is C12H18ClN3O. The summed E-state index contributed by atoms with van der Waals surface area (Å²) in [6, 6.07) is 3.71. The van der Waals surface area contributed by atoms with Gasteiger partial charge in [-0.3, -0.25) is 9.78 Å². The van der Waals surface area contributed by atoms with Gasteiger partial charge in [0.1, 0.15) is 0 Å². The standard InChI is InChI=1S/C12H17N3O.ClH/c1-9-4-5-10(8-14-9)15-11(16)12(13)6-2-3-7-12;/h4-5,8H,2-3,6-7,13H2,1H3,(H,15,16);1H. The molecule has 4 nitrogen and oxygen atoms in total. The molecule has 94 valence electrons. The van der Waals surface area contributed by atoms with Crippen LogP contribution in [0.2, 0.25) is 0 Å². The largest absolute Gasteiger partial charge is 0.323 e. The molecule has 2 rings (SSSR count). The van der Waals surface area contributed by atoms with Gasteiger partial charge in [-0.05, 0) is 31.9 Å². The van der Waals surface area contributed by atoms with Gasteiger partial charge >= 0.3 is 0 Å². The van der Waals surface area contributed by atoms with E-state index in [-0.39, 0.29) is 18.3 Å². The zero-order chi connectivity index (χ0) is 11.6. The summed E-state index contributed by atoms with van der Waals surface area (Å²) in [6.07, 6.45) is 5.29. The van der Waals surface area contributed by atoms with Crippen LogP contribution in [0.1, 0.15) is 31.4 Å². The molecule has 0 saturated heterocycles. The van der Waals surface area contributed by atoms with Gasteiger partial charge in [-0.1, -0.05) is 12.8 Å². The lowest BCUT2D eigenvalue weighted by Crippen LogP contribution is -2.48. The van der Waals surface area contributed by atoms with Gasteiger partial charge in [-0.25, -0.2) is 0 Å². The van der Waals surface area contributed by atoms with E-state index in [1.54, 1.807) is 6.20 Å². The highest BCUT2D eigenvalue weighted by atomic mass is 35.5. The van der Waals surface area contributed by atoms with Crippen molar-refractivity contribution >= 4 is 24.0 Å². The Morgan fingerprint density at radius 3 is 2.59 bits per heavy atom. The zero-order valence-corrected chi connectivity index (χ0v) is 10.7. The van der Waals surface area contributed by atoms with E-state index in [4.69, 9.17) is 5.73 Å². The number of halogens is 1. The molecule has 1 aliphatic rings. The van der Waals surface area contributed by atoms with Crippen molar-refractivity contribution in [1.29, 1.82) is 0 Å². The van der Waals surface area contributed by atoms with Crippen molar-refractivity contribution in [2.24, 2.45) is 5.73 Å². The molecule has 1 aromatic heterocycles. The number of amides is 1. The molecule has 0 radical (unpaired) electrons. The first-order valence-electron chi connectivity index (χ1n) is 5.63. The molecule has 1 aromatic rings. The van der Waals surface area contributed by atoms with Gasteiger partial charge in [-0.15, -0.1) is 12.4 Å². The van der Waals surface area contributed by atoms with Crippen molar-refractivity contribution in [3.8, 4) is 0 Å². The normalized spacial score (nSPS) is 17.3. The molecule has 1 saturated carbocycles. The Morgan fingerprint density at radius 2 is 2.06 bits per heavy atom. The number of rotatable bonds is 2. The minimum absolute atomic E-state index is 0. The molecule has 17 heavy (non-hydrogen) atoms. The third-order valence-corrected chi connectivity index (χ3v) is 3.12. The van der Waals surface area contributed by atoms with E-state index < -0.39 is 5.54 Å². The zero-order valence-electron chi connectivity index (χ0n) is 9.90. The van der Waals surface area contributed by atoms with Crippen LogP contribution >= 0.6 is 12.4 Å². The molecule has 0 aliphatic heterocycles. The first-order valence-corrected chi connectivity index (χ1v) is 5.63. The number of hydrogen-bond acceptors (Lipinski definition) is 3. The van der Waals surface area contributed by atoms with Crippen LogP contribution in [0.25, 0.3) is 0 Å². The van der Waals surface area contributed by atoms with Crippen LogP contribution in [0, 0.1) is 6.92 Å². The van der Waals surface area contributed by atoms with E-state index >= 15 is 0 Å². The summed E-state index contributed by atoms with van der Waals surface area (Å²) in [5.41, 5.74) is 7.02. The van der Waals surface area contributed by atoms with E-state index in [9.17, 15) is 4.79 Å². The highest BCUT2D eigenvalue weighted by molar-refractivity contribution is 5.98. The first-order chi connectivity index (χ1) is 7.60. The number of nitrogens with zero attached hydrogens (tertiary/aromatic N) is 1. The van der Waals surface area contributed by atoms with Crippen molar-refractivity contribution in [1.82, 2.24) is 4.98 Å². The van der Waals surface area contributed by atoms with E-state index in [1.165, 1.54) is 0 Å². The quantitative estimate of drug-likeness (QED) is 0.850. The van der Waals surface area contributed by atoms with Crippen LogP contribution in [-0.2, 0) is 4.79 Å². The van der Waals surface area contributed by atoms with Gasteiger partial charge in [0.05, 0.1) is 17.4 Å². The Balaban J connectivity index is 0.00000144. The molecule has 0 atom stereocenters. The van der Waals surface area contributed by atoms with Crippen LogP contribution in [0.3, 0.4) is 0 Å². The topological polar surface area (TPSA) is 68.0 Å². The summed E-state index contributed by atoms with van der Waals surface area (Å²) in [4.78, 5) is 16.1. The number of nitrogens with two attached hydrogens (primary N) is 1. The van der Waals surface area contributed by atoms with E-state index in [2.05, 4.69) is 10.3 Å². The molecule has 0 aromatic carbocycles. The number of aromatic nitrogens is 1. The Morgan fingerprint density at radius 1 is 1.41 bits per heavy atom. The smallest absolute Gasteiger partial charge is 0.244 e. The van der Waals surface area contributed by atoms with E-state index in [0.29, 0.717) is 5.69 Å². The number of pyridine rings is 1. The Labute approximate surface area is 107 Å². The summed E-state index contributed by atoms with van der Waals surface area (Å²) in [6.45, 7) is 1.91. The number of anilines is 1. The van der Waals surface area contributed by atoms with Gasteiger partial charge < -0.3 is 11.1 Å². The lowest BCUT2D eigenvalue weighted by atomic mass is 9.98. The first kappa shape index (κ1) is 13.9. The average Bonchev–Trinajstić information content (AvgIpc) is 2.70. The molecule has 0 unspecified atom stereocenters. The lowest BCUT2D eigenvalue weighted by molar-refractivity contribution is -0.121. The molecule has 1 fully saturated rings. The molecule has 1 aliphatic carbocycles. The fourth-order valence-corrected chi connectivity index (χ4v) is 2.03. The molecule has 0 spiro atoms. The average molecular weight is 256 g/mol. The molecule has 5 heteroatoms. The Kier molecular flexibility index (Phi) is 4.48. The highest BCUT2D eigenvalue weighted by Crippen LogP contribution is 2.28. The van der Waals surface area contributed by atoms with Gasteiger partial charge in [-0.2, -0.15) is 0 Å². The minimum atomic E-state index is -0.676. The number of aryl methyl sites for hydroxylation is 1. The summed E-state index contributed by atoms with van der Waals surface area (Å²) >= 11 is 0. The SMILES string of the molecule is Cc1ccc(NC(=O)C2(N)CCCC2)cn1.Cl. The maximum atomic E-state index is 12.0. The Bertz CT molecular complexity index is 385. The monoisotopic (exact) mass is 255 g/mol. The second kappa shape index (κ2) is 5.47. The van der Waals surface area contributed by atoms with Crippen molar-refractivity contribution in [3.05, 3.63) is 24.0 Å². The second-order valence-corrected chi connectivity index (χ2v) is 4.51. The number of carbonyl (C=O) groups is 1. The fourth-order valence-electron chi connectivity index (χ4n) is 2.03. The summed E-state index contributed by atoms with van der Waals surface area (Å²) in [7, 11) is 0. The summed E-state index contributed by atoms with van der Waals surface area (Å²) < 4.78 is 0. The summed E-state index contributed by atoms with van der Waals surface area (Å²) in [5.74, 6) is -0.0874. The van der Waals surface area contributed by atoms with Crippen molar-refractivity contribution < 1.29 is 4.79 Å². The fraction of sp³-hybridized carbons (Fsp3) is 0.500. The van der Waals surface area contributed by atoms with Gasteiger partial charge in [0.15, 0.2) is 0 Å². The van der Waals surface area contributed by atoms with Crippen LogP contribution in [0.4, 0.5) is 5.69 Å². The third-order valence-electron chi connectivity index (χ3n) is 3.12. The van der Waals surface area contributed by atoms with Crippen LogP contribution in [0.15, 0.2) is 18.3 Å². The molecule has 1 heterocycles. The minimum Gasteiger partial charge on any atom is -0.323 e. The molecule has 1 amide bonds. The van der Waals surface area contributed by atoms with Crippen molar-refractivity contribution in [2.45, 2.75) is 38.1 Å². The lowest BCUT2D eigenvalue weighted by Gasteiger charge is -2.22. The number of carbonyl (C=O) groups excluding carboxylic acids is 1. The second-order valence-electron chi connectivity index (χ2n) is 4.51. The third kappa shape index (κ3) is 3.17. The predicted molar refractivity (Wildman–Crippen MR) is 70.2 cm³/mol. The molecular weight excluding hydrogens is 238 g/mol. The number of nitrogens with one attached hydrogen (secondary N) is 1. The van der Waals surface area contributed by atoms with Crippen molar-refractivity contribution in [2.75, 3.05) is 5.32 Å². The van der Waals surface area contributed by atoms with Gasteiger partial charge in [0, 0.05) is 5.69 Å². The van der Waals surface area contributed by atoms with Gasteiger partial charge in [0.25, 0.3) is 0 Å². The van der Waals surface area contributed by atoms with Crippen LogP contribution in [0.5, 0.6) is 0 Å². The maximum Gasteiger partial charge on any atom is 0.244 e. The van der Waals surface area contributed by atoms with Crippen LogP contribution in [-0.4, -0.2) is 16.4 Å². The maximum absolute atomic E-state index is 12.0. The van der Waals surface area contributed by atoms with Crippen molar-refractivity contribution in [3.63, 3.8) is 0 Å². The number of hydrogen-bond donors (Lipinski definition) is 2. The predicted octanol–water partition coefficient (Wildman–Crippen LogP) is 2.02. The Hall–Kier alpha value is -1.13. The summed E-state index contributed by atoms with van der Waals surface area (Å²) in [5, 5.41) is 2.83. The highest BCUT2D eigenvalue weighted by Gasteiger charge is 2.36. The molecule has 0 bridgehead atoms. The van der Waals surface area contributed by atoms with E-state index in [0.717, 1.165) is 31.4 Å². The van der Waals surface area contributed by atoms with Gasteiger partial charge in [0.2, 0.25) is 5.91 Å².